The van der Waals surface area contributed by atoms with Gasteiger partial charge in [0, 0.05) is 12.7 Å². The summed E-state index contributed by atoms with van der Waals surface area (Å²) in [7, 11) is 0. The normalized spacial score (nSPS) is 13.5. The van der Waals surface area contributed by atoms with E-state index < -0.39 is 17.5 Å². The van der Waals surface area contributed by atoms with Crippen LogP contribution in [0.15, 0.2) is 36.7 Å². The lowest BCUT2D eigenvalue weighted by molar-refractivity contribution is 0.0985. The van der Waals surface area contributed by atoms with Crippen molar-refractivity contribution in [3.8, 4) is 0 Å². The number of halogens is 2. The van der Waals surface area contributed by atoms with Crippen LogP contribution in [0.1, 0.15) is 15.9 Å². The van der Waals surface area contributed by atoms with Crippen LogP contribution >= 0.6 is 0 Å². The van der Waals surface area contributed by atoms with Crippen LogP contribution in [-0.2, 0) is 6.42 Å². The maximum atomic E-state index is 13.6. The molecule has 0 atom stereocenters. The Labute approximate surface area is 108 Å². The summed E-state index contributed by atoms with van der Waals surface area (Å²) >= 11 is 0. The van der Waals surface area contributed by atoms with Crippen LogP contribution in [-0.4, -0.2) is 17.4 Å². The lowest BCUT2D eigenvalue weighted by Gasteiger charge is -2.17. The highest BCUT2D eigenvalue weighted by molar-refractivity contribution is 6.07. The zero-order valence-electron chi connectivity index (χ0n) is 9.94. The molecule has 0 fully saturated rings. The molecule has 0 N–H and O–H groups in total. The van der Waals surface area contributed by atoms with Gasteiger partial charge in [-0.25, -0.2) is 8.78 Å². The molecular formula is C14H10F2N2O. The van der Waals surface area contributed by atoms with E-state index in [9.17, 15) is 13.6 Å². The van der Waals surface area contributed by atoms with Crippen LogP contribution in [0.3, 0.4) is 0 Å². The average Bonchev–Trinajstić information content (AvgIpc) is 2.81. The molecule has 0 unspecified atom stereocenters. The van der Waals surface area contributed by atoms with Crippen LogP contribution in [0.4, 0.5) is 14.5 Å². The molecule has 0 radical (unpaired) electrons. The second-order valence-corrected chi connectivity index (χ2v) is 4.34. The molecule has 96 valence electrons. The van der Waals surface area contributed by atoms with Gasteiger partial charge in [-0.2, -0.15) is 0 Å². The number of carbonyl (C=O) groups is 1. The van der Waals surface area contributed by atoms with E-state index in [0.717, 1.165) is 11.8 Å². The zero-order chi connectivity index (χ0) is 13.4. The van der Waals surface area contributed by atoms with Crippen molar-refractivity contribution in [3.05, 3.63) is 59.4 Å². The highest BCUT2D eigenvalue weighted by atomic mass is 19.1. The topological polar surface area (TPSA) is 33.2 Å². The van der Waals surface area contributed by atoms with Gasteiger partial charge in [-0.3, -0.25) is 9.78 Å². The molecule has 2 aromatic rings. The van der Waals surface area contributed by atoms with Crippen LogP contribution in [0, 0.1) is 11.6 Å². The first kappa shape index (κ1) is 11.8. The summed E-state index contributed by atoms with van der Waals surface area (Å²) < 4.78 is 26.8. The Hall–Kier alpha value is -2.30. The predicted molar refractivity (Wildman–Crippen MR) is 66.0 cm³/mol. The maximum Gasteiger partial charge on any atom is 0.261 e. The number of anilines is 1. The van der Waals surface area contributed by atoms with E-state index >= 15 is 0 Å². The van der Waals surface area contributed by atoms with E-state index in [0.29, 0.717) is 18.7 Å². The number of pyridine rings is 1. The van der Waals surface area contributed by atoms with Crippen molar-refractivity contribution >= 4 is 11.6 Å². The van der Waals surface area contributed by atoms with Gasteiger partial charge >= 0.3 is 0 Å². The molecule has 19 heavy (non-hydrogen) atoms. The summed E-state index contributed by atoms with van der Waals surface area (Å²) in [5.74, 6) is -1.55. The molecule has 5 heteroatoms. The molecule has 0 spiro atoms. The molecule has 3 nitrogen and oxygen atoms in total. The fraction of sp³-hybridized carbons (Fsp3) is 0.143. The van der Waals surface area contributed by atoms with Crippen molar-refractivity contribution in [2.45, 2.75) is 6.42 Å². The van der Waals surface area contributed by atoms with E-state index in [2.05, 4.69) is 4.98 Å². The van der Waals surface area contributed by atoms with Gasteiger partial charge in [0.15, 0.2) is 5.82 Å². The molecule has 2 heterocycles. The van der Waals surface area contributed by atoms with Crippen molar-refractivity contribution in [3.63, 3.8) is 0 Å². The quantitative estimate of drug-likeness (QED) is 0.789. The molecule has 0 aliphatic carbocycles. The first-order valence-corrected chi connectivity index (χ1v) is 5.86. The molecular weight excluding hydrogens is 250 g/mol. The summed E-state index contributed by atoms with van der Waals surface area (Å²) in [6.45, 7) is 0.430. The Morgan fingerprint density at radius 3 is 2.89 bits per heavy atom. The molecule has 0 bridgehead atoms. The van der Waals surface area contributed by atoms with Crippen molar-refractivity contribution < 1.29 is 13.6 Å². The van der Waals surface area contributed by atoms with Crippen molar-refractivity contribution in [2.75, 3.05) is 11.4 Å². The minimum absolute atomic E-state index is 0.0490. The van der Waals surface area contributed by atoms with Gasteiger partial charge in [-0.05, 0) is 30.2 Å². The molecule has 0 saturated carbocycles. The molecule has 0 saturated heterocycles. The third-order valence-corrected chi connectivity index (χ3v) is 3.19. The number of hydrogen-bond acceptors (Lipinski definition) is 2. The monoisotopic (exact) mass is 260 g/mol. The van der Waals surface area contributed by atoms with Gasteiger partial charge in [0.05, 0.1) is 17.4 Å². The van der Waals surface area contributed by atoms with E-state index in [1.807, 2.05) is 0 Å². The standard InChI is InChI=1S/C14H10F2N2O/c15-10-2-1-9-4-6-18(13(9)7-10)14(19)11-3-5-17-8-12(11)16/h1-3,5,7-8H,4,6H2. The summed E-state index contributed by atoms with van der Waals surface area (Å²) in [5, 5.41) is 0. The van der Waals surface area contributed by atoms with Gasteiger partial charge in [0.25, 0.3) is 5.91 Å². The second-order valence-electron chi connectivity index (χ2n) is 4.34. The number of benzene rings is 1. The minimum Gasteiger partial charge on any atom is -0.308 e. The first-order chi connectivity index (χ1) is 9.16. The van der Waals surface area contributed by atoms with Crippen molar-refractivity contribution in [1.82, 2.24) is 4.98 Å². The third-order valence-electron chi connectivity index (χ3n) is 3.19. The van der Waals surface area contributed by atoms with E-state index in [1.54, 1.807) is 6.07 Å². The fourth-order valence-electron chi connectivity index (χ4n) is 2.26. The number of fused-ring (bicyclic) bond motifs is 1. The summed E-state index contributed by atoms with van der Waals surface area (Å²) in [4.78, 5) is 17.3. The van der Waals surface area contributed by atoms with Crippen molar-refractivity contribution in [2.24, 2.45) is 0 Å². The highest BCUT2D eigenvalue weighted by Gasteiger charge is 2.27. The van der Waals surface area contributed by atoms with E-state index in [4.69, 9.17) is 0 Å². The smallest absolute Gasteiger partial charge is 0.261 e. The Morgan fingerprint density at radius 2 is 2.11 bits per heavy atom. The SMILES string of the molecule is O=C(c1ccncc1F)N1CCc2ccc(F)cc21. The number of carbonyl (C=O) groups excluding carboxylic acids is 1. The van der Waals surface area contributed by atoms with Crippen molar-refractivity contribution in [1.29, 1.82) is 0 Å². The highest BCUT2D eigenvalue weighted by Crippen LogP contribution is 2.30. The van der Waals surface area contributed by atoms with Crippen LogP contribution in [0.5, 0.6) is 0 Å². The number of hydrogen-bond donors (Lipinski definition) is 0. The van der Waals surface area contributed by atoms with Crippen LogP contribution in [0.25, 0.3) is 0 Å². The Balaban J connectivity index is 2.00. The first-order valence-electron chi connectivity index (χ1n) is 5.86. The zero-order valence-corrected chi connectivity index (χ0v) is 9.94. The number of amides is 1. The lowest BCUT2D eigenvalue weighted by Crippen LogP contribution is -2.29. The molecule has 1 aromatic carbocycles. The largest absolute Gasteiger partial charge is 0.308 e. The van der Waals surface area contributed by atoms with Gasteiger partial charge in [-0.1, -0.05) is 6.07 Å². The summed E-state index contributed by atoms with van der Waals surface area (Å²) in [6, 6.07) is 5.65. The molecule has 1 aliphatic heterocycles. The minimum atomic E-state index is -0.669. The van der Waals surface area contributed by atoms with E-state index in [1.165, 1.54) is 29.3 Å². The second kappa shape index (κ2) is 4.42. The predicted octanol–water partition coefficient (Wildman–Crippen LogP) is 2.56. The fourth-order valence-corrected chi connectivity index (χ4v) is 2.26. The lowest BCUT2D eigenvalue weighted by atomic mass is 10.1. The maximum absolute atomic E-state index is 13.6. The molecule has 1 aliphatic rings. The number of rotatable bonds is 1. The molecule has 1 aromatic heterocycles. The van der Waals surface area contributed by atoms with Gasteiger partial charge in [-0.15, -0.1) is 0 Å². The molecule has 1 amide bonds. The summed E-state index contributed by atoms with van der Waals surface area (Å²) in [5.41, 5.74) is 1.36. The molecule has 3 rings (SSSR count). The Kier molecular flexibility index (Phi) is 2.74. The van der Waals surface area contributed by atoms with Gasteiger partial charge in [0.2, 0.25) is 0 Å². The summed E-state index contributed by atoms with van der Waals surface area (Å²) in [6.07, 6.45) is 3.00. The van der Waals surface area contributed by atoms with Crippen LogP contribution in [0.2, 0.25) is 0 Å². The van der Waals surface area contributed by atoms with Gasteiger partial charge in [0.1, 0.15) is 5.82 Å². The third kappa shape index (κ3) is 1.97. The number of nitrogens with zero attached hydrogens (tertiary/aromatic N) is 2. The average molecular weight is 260 g/mol. The Bertz CT molecular complexity index is 658. The van der Waals surface area contributed by atoms with E-state index in [-0.39, 0.29) is 5.56 Å². The van der Waals surface area contributed by atoms with Gasteiger partial charge < -0.3 is 4.90 Å². The number of aromatic nitrogens is 1. The van der Waals surface area contributed by atoms with Crippen LogP contribution < -0.4 is 4.90 Å². The Morgan fingerprint density at radius 1 is 1.26 bits per heavy atom.